The van der Waals surface area contributed by atoms with Crippen molar-refractivity contribution in [2.45, 2.75) is 32.1 Å². The minimum atomic E-state index is -0.249. The molecule has 0 bridgehead atoms. The molecular weight excluding hydrogens is 216 g/mol. The molecule has 0 fully saturated rings. The smallest absolute Gasteiger partial charge is 0.305 e. The topological polar surface area (TPSA) is 43.4 Å². The molecule has 1 rings (SSSR count). The number of ether oxygens (including phenoxy) is 1. The highest BCUT2D eigenvalue weighted by atomic mass is 16.5. The lowest BCUT2D eigenvalue weighted by atomic mass is 10.0. The maximum Gasteiger partial charge on any atom is 0.305 e. The van der Waals surface area contributed by atoms with E-state index in [1.165, 1.54) is 12.7 Å². The molecule has 0 saturated carbocycles. The van der Waals surface area contributed by atoms with Crippen LogP contribution >= 0.6 is 0 Å². The molecule has 0 amide bonds. The van der Waals surface area contributed by atoms with Crippen LogP contribution in [0.2, 0.25) is 0 Å². The molecule has 0 aliphatic rings. The predicted molar refractivity (Wildman–Crippen MR) is 65.6 cm³/mol. The van der Waals surface area contributed by atoms with Crippen LogP contribution < -0.4 is 0 Å². The van der Waals surface area contributed by atoms with Gasteiger partial charge in [0.25, 0.3) is 0 Å². The Balaban J connectivity index is 2.16. The van der Waals surface area contributed by atoms with Crippen LogP contribution in [0.3, 0.4) is 0 Å². The summed E-state index contributed by atoms with van der Waals surface area (Å²) in [4.78, 5) is 22.4. The van der Waals surface area contributed by atoms with Gasteiger partial charge in [-0.1, -0.05) is 30.3 Å². The highest BCUT2D eigenvalue weighted by Crippen LogP contribution is 2.06. The van der Waals surface area contributed by atoms with Crippen LogP contribution in [-0.4, -0.2) is 18.9 Å². The SMILES string of the molecule is COC(=O)CCCC(=O)CCc1ccccc1. The van der Waals surface area contributed by atoms with Gasteiger partial charge in [-0.25, -0.2) is 0 Å². The predicted octanol–water partition coefficient (Wildman–Crippen LogP) is 2.53. The number of Topliss-reactive ketones (excluding diaryl/α,β-unsaturated/α-hetero) is 1. The second kappa shape index (κ2) is 7.60. The molecule has 3 heteroatoms. The molecule has 0 N–H and O–H groups in total. The van der Waals surface area contributed by atoms with E-state index in [1.807, 2.05) is 30.3 Å². The molecule has 0 aliphatic heterocycles. The number of rotatable bonds is 7. The molecule has 1 aromatic carbocycles. The van der Waals surface area contributed by atoms with Crippen LogP contribution in [0.5, 0.6) is 0 Å². The van der Waals surface area contributed by atoms with E-state index in [-0.39, 0.29) is 11.8 Å². The van der Waals surface area contributed by atoms with Crippen molar-refractivity contribution in [2.75, 3.05) is 7.11 Å². The van der Waals surface area contributed by atoms with Crippen LogP contribution in [-0.2, 0) is 20.7 Å². The number of methoxy groups -OCH3 is 1. The Kier molecular flexibility index (Phi) is 6.00. The lowest BCUT2D eigenvalue weighted by molar-refractivity contribution is -0.140. The van der Waals surface area contributed by atoms with Crippen LogP contribution in [0.15, 0.2) is 30.3 Å². The summed E-state index contributed by atoms with van der Waals surface area (Å²) in [7, 11) is 1.36. The third kappa shape index (κ3) is 5.85. The number of carbonyl (C=O) groups is 2. The fraction of sp³-hybridized carbons (Fsp3) is 0.429. The van der Waals surface area contributed by atoms with Crippen LogP contribution in [0.4, 0.5) is 0 Å². The number of carbonyl (C=O) groups excluding carboxylic acids is 2. The molecule has 0 aliphatic carbocycles. The van der Waals surface area contributed by atoms with E-state index in [9.17, 15) is 9.59 Å². The highest BCUT2D eigenvalue weighted by Gasteiger charge is 2.05. The first-order chi connectivity index (χ1) is 8.22. The van der Waals surface area contributed by atoms with Crippen molar-refractivity contribution in [1.29, 1.82) is 0 Å². The zero-order valence-electron chi connectivity index (χ0n) is 10.1. The van der Waals surface area contributed by atoms with Gasteiger partial charge >= 0.3 is 5.97 Å². The zero-order valence-corrected chi connectivity index (χ0v) is 10.1. The zero-order chi connectivity index (χ0) is 12.5. The van der Waals surface area contributed by atoms with Gasteiger partial charge in [-0.05, 0) is 18.4 Å². The molecule has 0 heterocycles. The Bertz CT molecular complexity index is 357. The van der Waals surface area contributed by atoms with E-state index < -0.39 is 0 Å². The van der Waals surface area contributed by atoms with Gasteiger partial charge in [-0.2, -0.15) is 0 Å². The normalized spacial score (nSPS) is 9.94. The number of hydrogen-bond acceptors (Lipinski definition) is 3. The van der Waals surface area contributed by atoms with Gasteiger partial charge in [0.1, 0.15) is 5.78 Å². The molecule has 0 atom stereocenters. The Morgan fingerprint density at radius 3 is 2.41 bits per heavy atom. The lowest BCUT2D eigenvalue weighted by Crippen LogP contribution is -2.04. The Hall–Kier alpha value is -1.64. The molecule has 0 saturated heterocycles. The van der Waals surface area contributed by atoms with E-state index in [1.54, 1.807) is 0 Å². The van der Waals surface area contributed by atoms with Crippen LogP contribution in [0.1, 0.15) is 31.2 Å². The summed E-state index contributed by atoms with van der Waals surface area (Å²) in [5, 5.41) is 0. The van der Waals surface area contributed by atoms with Crippen LogP contribution in [0.25, 0.3) is 0 Å². The maximum absolute atomic E-state index is 11.5. The van der Waals surface area contributed by atoms with Crippen molar-refractivity contribution in [3.8, 4) is 0 Å². The molecule has 92 valence electrons. The number of aryl methyl sites for hydroxylation is 1. The van der Waals surface area contributed by atoms with Crippen molar-refractivity contribution in [3.05, 3.63) is 35.9 Å². The molecular formula is C14H18O3. The largest absolute Gasteiger partial charge is 0.469 e. The molecule has 17 heavy (non-hydrogen) atoms. The van der Waals surface area contributed by atoms with E-state index in [4.69, 9.17) is 0 Å². The number of benzene rings is 1. The van der Waals surface area contributed by atoms with Gasteiger partial charge in [-0.3, -0.25) is 9.59 Å². The van der Waals surface area contributed by atoms with Gasteiger partial charge in [-0.15, -0.1) is 0 Å². The standard InChI is InChI=1S/C14H18O3/c1-17-14(16)9-5-8-13(15)11-10-12-6-3-2-4-7-12/h2-4,6-7H,5,8-11H2,1H3. The minimum absolute atomic E-state index is 0.206. The van der Waals surface area contributed by atoms with E-state index in [2.05, 4.69) is 4.74 Å². The third-order valence-electron chi connectivity index (χ3n) is 2.60. The van der Waals surface area contributed by atoms with Gasteiger partial charge < -0.3 is 4.74 Å². The van der Waals surface area contributed by atoms with E-state index >= 15 is 0 Å². The lowest BCUT2D eigenvalue weighted by Gasteiger charge is -2.01. The summed E-state index contributed by atoms with van der Waals surface area (Å²) in [5.41, 5.74) is 1.17. The summed E-state index contributed by atoms with van der Waals surface area (Å²) in [6.07, 6.45) is 2.69. The van der Waals surface area contributed by atoms with Crippen molar-refractivity contribution in [3.63, 3.8) is 0 Å². The molecule has 1 aromatic rings. The number of ketones is 1. The fourth-order valence-electron chi connectivity index (χ4n) is 1.59. The summed E-state index contributed by atoms with van der Waals surface area (Å²) < 4.78 is 4.51. The molecule has 3 nitrogen and oxygen atoms in total. The van der Waals surface area contributed by atoms with E-state index in [0.717, 1.165) is 6.42 Å². The first-order valence-electron chi connectivity index (χ1n) is 5.85. The van der Waals surface area contributed by atoms with Crippen molar-refractivity contribution >= 4 is 11.8 Å². The van der Waals surface area contributed by atoms with Crippen LogP contribution in [0, 0.1) is 0 Å². The Labute approximate surface area is 102 Å². The maximum atomic E-state index is 11.5. The second-order valence-corrected chi connectivity index (χ2v) is 3.95. The van der Waals surface area contributed by atoms with Crippen molar-refractivity contribution < 1.29 is 14.3 Å². The number of esters is 1. The number of hydrogen-bond donors (Lipinski definition) is 0. The first-order valence-corrected chi connectivity index (χ1v) is 5.85. The van der Waals surface area contributed by atoms with Crippen molar-refractivity contribution in [2.24, 2.45) is 0 Å². The molecule has 0 spiro atoms. The molecule has 0 radical (unpaired) electrons. The van der Waals surface area contributed by atoms with Gasteiger partial charge in [0.15, 0.2) is 0 Å². The summed E-state index contributed by atoms with van der Waals surface area (Å²) in [6.45, 7) is 0. The van der Waals surface area contributed by atoms with Gasteiger partial charge in [0, 0.05) is 19.3 Å². The average molecular weight is 234 g/mol. The monoisotopic (exact) mass is 234 g/mol. The highest BCUT2D eigenvalue weighted by molar-refractivity contribution is 5.79. The summed E-state index contributed by atoms with van der Waals surface area (Å²) in [5.74, 6) is -0.0429. The summed E-state index contributed by atoms with van der Waals surface area (Å²) in [6, 6.07) is 9.93. The Morgan fingerprint density at radius 2 is 1.76 bits per heavy atom. The molecule has 0 unspecified atom stereocenters. The van der Waals surface area contributed by atoms with Gasteiger partial charge in [0.05, 0.1) is 7.11 Å². The quantitative estimate of drug-likeness (QED) is 0.681. The Morgan fingerprint density at radius 1 is 1.06 bits per heavy atom. The molecule has 0 aromatic heterocycles. The fourth-order valence-corrected chi connectivity index (χ4v) is 1.59. The summed E-state index contributed by atoms with van der Waals surface area (Å²) >= 11 is 0. The average Bonchev–Trinajstić information content (AvgIpc) is 2.37. The minimum Gasteiger partial charge on any atom is -0.469 e. The van der Waals surface area contributed by atoms with Gasteiger partial charge in [0.2, 0.25) is 0 Å². The first kappa shape index (κ1) is 13.4. The second-order valence-electron chi connectivity index (χ2n) is 3.95. The van der Waals surface area contributed by atoms with E-state index in [0.29, 0.717) is 25.7 Å². The van der Waals surface area contributed by atoms with Crippen molar-refractivity contribution in [1.82, 2.24) is 0 Å². The third-order valence-corrected chi connectivity index (χ3v) is 2.60.